The molecule has 2 aliphatic rings. The fraction of sp³-hybridized carbons (Fsp3) is 0.538. The Morgan fingerprint density at radius 3 is 2.53 bits per heavy atom. The molecule has 0 radical (unpaired) electrons. The number of rotatable bonds is 4. The van der Waals surface area contributed by atoms with Crippen molar-refractivity contribution in [3.63, 3.8) is 0 Å². The monoisotopic (exact) mass is 406 g/mol. The van der Waals surface area contributed by atoms with Crippen molar-refractivity contribution in [2.24, 2.45) is 23.0 Å². The quantitative estimate of drug-likeness (QED) is 0.738. The van der Waals surface area contributed by atoms with Gasteiger partial charge in [0.2, 0.25) is 5.91 Å². The maximum Gasteiger partial charge on any atom is 0.248 e. The number of Topliss-reactive ketones (excluding diaryl/α,β-unsaturated/α-hetero) is 1. The first-order valence-corrected chi connectivity index (χ1v) is 11.3. The summed E-state index contributed by atoms with van der Waals surface area (Å²) >= 11 is 0. The molecule has 1 aromatic heterocycles. The van der Waals surface area contributed by atoms with Gasteiger partial charge >= 0.3 is 0 Å². The normalized spacial score (nSPS) is 23.3. The zero-order chi connectivity index (χ0) is 21.6. The van der Waals surface area contributed by atoms with Crippen molar-refractivity contribution in [2.75, 3.05) is 0 Å². The second kappa shape index (κ2) is 7.72. The average Bonchev–Trinajstić information content (AvgIpc) is 2.98. The fourth-order valence-electron chi connectivity index (χ4n) is 5.49. The lowest BCUT2D eigenvalue weighted by Gasteiger charge is -2.30. The maximum absolute atomic E-state index is 12.8. The number of fused-ring (bicyclic) bond motifs is 1. The van der Waals surface area contributed by atoms with Gasteiger partial charge in [0.05, 0.1) is 0 Å². The van der Waals surface area contributed by atoms with Crippen LogP contribution in [0.1, 0.15) is 90.4 Å². The van der Waals surface area contributed by atoms with Crippen molar-refractivity contribution in [1.29, 1.82) is 0 Å². The first-order valence-electron chi connectivity index (χ1n) is 11.3. The number of nitrogens with zero attached hydrogens (tertiary/aromatic N) is 1. The predicted molar refractivity (Wildman–Crippen MR) is 120 cm³/mol. The van der Waals surface area contributed by atoms with Gasteiger partial charge in [-0.05, 0) is 79.2 Å². The van der Waals surface area contributed by atoms with E-state index < -0.39 is 0 Å². The molecule has 2 aliphatic carbocycles. The Morgan fingerprint density at radius 2 is 1.87 bits per heavy atom. The molecule has 1 aromatic carbocycles. The average molecular weight is 407 g/mol. The first kappa shape index (κ1) is 20.9. The van der Waals surface area contributed by atoms with Crippen LogP contribution in [0.2, 0.25) is 0 Å². The first-order chi connectivity index (χ1) is 14.1. The topological polar surface area (TPSA) is 65.1 Å². The van der Waals surface area contributed by atoms with E-state index in [1.165, 1.54) is 25.7 Å². The molecule has 2 N–H and O–H groups in total. The van der Waals surface area contributed by atoms with E-state index in [0.717, 1.165) is 46.8 Å². The van der Waals surface area contributed by atoms with Crippen molar-refractivity contribution in [2.45, 2.75) is 72.6 Å². The lowest BCUT2D eigenvalue weighted by molar-refractivity contribution is 0.0909. The molecular formula is C26H34N2O2. The Morgan fingerprint density at radius 1 is 1.17 bits per heavy atom. The zero-order valence-corrected chi connectivity index (χ0v) is 18.8. The summed E-state index contributed by atoms with van der Waals surface area (Å²) in [5.41, 5.74) is 11.4. The number of carbonyl (C=O) groups is 2. The highest BCUT2D eigenvalue weighted by molar-refractivity contribution is 6.00. The summed E-state index contributed by atoms with van der Waals surface area (Å²) in [4.78, 5) is 24.9. The number of benzene rings is 1. The van der Waals surface area contributed by atoms with Gasteiger partial charge in [-0.2, -0.15) is 0 Å². The van der Waals surface area contributed by atoms with Crippen LogP contribution in [-0.2, 0) is 12.8 Å². The lowest BCUT2D eigenvalue weighted by Crippen LogP contribution is -2.28. The zero-order valence-electron chi connectivity index (χ0n) is 18.8. The highest BCUT2D eigenvalue weighted by Gasteiger charge is 2.35. The summed E-state index contributed by atoms with van der Waals surface area (Å²) in [5.74, 6) is 1.29. The highest BCUT2D eigenvalue weighted by atomic mass is 16.1. The Hall–Kier alpha value is -2.36. The molecule has 4 heteroatoms. The molecule has 1 fully saturated rings. The largest absolute Gasteiger partial charge is 0.366 e. The van der Waals surface area contributed by atoms with Gasteiger partial charge in [0.1, 0.15) is 0 Å². The summed E-state index contributed by atoms with van der Waals surface area (Å²) in [6.45, 7) is 8.66. The smallest absolute Gasteiger partial charge is 0.248 e. The molecule has 4 rings (SSSR count). The molecule has 0 unspecified atom stereocenters. The number of amides is 1. The molecule has 0 bridgehead atoms. The maximum atomic E-state index is 12.8. The summed E-state index contributed by atoms with van der Waals surface area (Å²) < 4.78 is 2.17. The van der Waals surface area contributed by atoms with Crippen LogP contribution in [0.3, 0.4) is 0 Å². The number of nitrogens with two attached hydrogens (primary N) is 1. The summed E-state index contributed by atoms with van der Waals surface area (Å²) in [6.07, 6.45) is 9.39. The van der Waals surface area contributed by atoms with Gasteiger partial charge in [0.25, 0.3) is 0 Å². The van der Waals surface area contributed by atoms with Gasteiger partial charge in [-0.15, -0.1) is 0 Å². The lowest BCUT2D eigenvalue weighted by atomic mass is 9.75. The number of hydrogen-bond donors (Lipinski definition) is 1. The van der Waals surface area contributed by atoms with Gasteiger partial charge in [-0.3, -0.25) is 9.59 Å². The molecule has 0 atom stereocenters. The molecule has 4 nitrogen and oxygen atoms in total. The minimum Gasteiger partial charge on any atom is -0.366 e. The molecule has 0 aliphatic heterocycles. The van der Waals surface area contributed by atoms with Crippen molar-refractivity contribution in [1.82, 2.24) is 4.57 Å². The molecule has 1 saturated carbocycles. The van der Waals surface area contributed by atoms with E-state index in [4.69, 9.17) is 5.73 Å². The Kier molecular flexibility index (Phi) is 5.37. The van der Waals surface area contributed by atoms with E-state index in [1.54, 1.807) is 0 Å². The molecule has 0 spiro atoms. The van der Waals surface area contributed by atoms with Gasteiger partial charge in [-0.1, -0.05) is 33.6 Å². The SMILES string of the molecule is Cc1cn(-c2ccc(C(N)=O)c(CC3CCC(C)CC3)c2)c2c1C(=O)CC(C)(C)C2. The van der Waals surface area contributed by atoms with Crippen LogP contribution in [0, 0.1) is 24.2 Å². The van der Waals surface area contributed by atoms with Crippen LogP contribution >= 0.6 is 0 Å². The Bertz CT molecular complexity index is 991. The van der Waals surface area contributed by atoms with Gasteiger partial charge < -0.3 is 10.3 Å². The summed E-state index contributed by atoms with van der Waals surface area (Å²) in [5, 5.41) is 0. The second-order valence-electron chi connectivity index (χ2n) is 10.5. The van der Waals surface area contributed by atoms with Crippen LogP contribution in [0.4, 0.5) is 0 Å². The molecule has 2 aromatic rings. The number of aryl methyl sites for hydroxylation is 1. The van der Waals surface area contributed by atoms with Crippen LogP contribution in [-0.4, -0.2) is 16.3 Å². The number of carbonyl (C=O) groups excluding carboxylic acids is 2. The molecule has 160 valence electrons. The van der Waals surface area contributed by atoms with E-state index in [2.05, 4.69) is 37.6 Å². The van der Waals surface area contributed by atoms with Crippen LogP contribution in [0.25, 0.3) is 5.69 Å². The minimum absolute atomic E-state index is 0.0403. The number of hydrogen-bond acceptors (Lipinski definition) is 2. The Balaban J connectivity index is 1.73. The van der Waals surface area contributed by atoms with Crippen LogP contribution in [0.15, 0.2) is 24.4 Å². The number of primary amides is 1. The third kappa shape index (κ3) is 3.97. The van der Waals surface area contributed by atoms with Crippen molar-refractivity contribution in [3.8, 4) is 5.69 Å². The number of ketones is 1. The molecule has 1 amide bonds. The standard InChI is InChI=1S/C26H34N2O2/c1-16-5-7-18(8-6-16)11-19-12-20(9-10-21(19)25(27)30)28-15-17(2)24-22(28)13-26(3,4)14-23(24)29/h9-10,12,15-16,18H,5-8,11,13-14H2,1-4H3,(H2,27,30). The van der Waals surface area contributed by atoms with Gasteiger partial charge in [-0.25, -0.2) is 0 Å². The summed E-state index contributed by atoms with van der Waals surface area (Å²) in [6, 6.07) is 5.97. The van der Waals surface area contributed by atoms with Crippen molar-refractivity contribution < 1.29 is 9.59 Å². The second-order valence-corrected chi connectivity index (χ2v) is 10.5. The van der Waals surface area contributed by atoms with Crippen LogP contribution in [0.5, 0.6) is 0 Å². The molecule has 1 heterocycles. The summed E-state index contributed by atoms with van der Waals surface area (Å²) in [7, 11) is 0. The molecule has 30 heavy (non-hydrogen) atoms. The fourth-order valence-corrected chi connectivity index (χ4v) is 5.49. The third-order valence-electron chi connectivity index (χ3n) is 7.14. The van der Waals surface area contributed by atoms with Crippen LogP contribution < -0.4 is 5.73 Å². The van der Waals surface area contributed by atoms with Crippen molar-refractivity contribution in [3.05, 3.63) is 52.3 Å². The van der Waals surface area contributed by atoms with E-state index in [1.807, 2.05) is 19.1 Å². The highest BCUT2D eigenvalue weighted by Crippen LogP contribution is 2.38. The Labute approximate surface area is 179 Å². The predicted octanol–water partition coefficient (Wildman–Crippen LogP) is 5.41. The molecular weight excluding hydrogens is 372 g/mol. The third-order valence-corrected chi connectivity index (χ3v) is 7.14. The van der Waals surface area contributed by atoms with E-state index in [-0.39, 0.29) is 17.1 Å². The number of aromatic nitrogens is 1. The van der Waals surface area contributed by atoms with E-state index in [0.29, 0.717) is 17.9 Å². The molecule has 0 saturated heterocycles. The van der Waals surface area contributed by atoms with Crippen molar-refractivity contribution >= 4 is 11.7 Å². The minimum atomic E-state index is -0.359. The van der Waals surface area contributed by atoms with E-state index in [9.17, 15) is 9.59 Å². The van der Waals surface area contributed by atoms with Gasteiger partial charge in [0.15, 0.2) is 5.78 Å². The van der Waals surface area contributed by atoms with Gasteiger partial charge in [0, 0.05) is 35.1 Å². The van der Waals surface area contributed by atoms with E-state index >= 15 is 0 Å².